The van der Waals surface area contributed by atoms with E-state index in [1.165, 1.54) is 10.7 Å². The molecule has 0 aliphatic heterocycles. The summed E-state index contributed by atoms with van der Waals surface area (Å²) in [5.74, 6) is 0.428. The zero-order chi connectivity index (χ0) is 24.5. The van der Waals surface area contributed by atoms with Gasteiger partial charge in [0, 0.05) is 48.3 Å². The second kappa shape index (κ2) is 9.21. The first-order valence-electron chi connectivity index (χ1n) is 11.1. The Balaban J connectivity index is 1.69. The molecule has 178 valence electrons. The Morgan fingerprint density at radius 3 is 2.77 bits per heavy atom. The standard InChI is InChI=1S/C25H22F2N6O2/c1-29-11-16-10-17(5-6-18(16)28)33-25(34)23(15-4-7-19(30-12-15)14-2-3-14)24-20(32-33)8-9-22(31-24)35-13-21(26)27/h4-12,14,21,28-29H,2-3,13H2,1H3/b16-11-,28-18?. The van der Waals surface area contributed by atoms with Gasteiger partial charge < -0.3 is 15.5 Å². The molecule has 10 heteroatoms. The maximum absolute atomic E-state index is 13.7. The second-order valence-electron chi connectivity index (χ2n) is 8.26. The minimum absolute atomic E-state index is 0.0231. The van der Waals surface area contributed by atoms with Crippen LogP contribution >= 0.6 is 0 Å². The van der Waals surface area contributed by atoms with E-state index in [2.05, 4.69) is 20.4 Å². The van der Waals surface area contributed by atoms with E-state index in [4.69, 9.17) is 10.1 Å². The van der Waals surface area contributed by atoms with E-state index in [9.17, 15) is 13.6 Å². The highest BCUT2D eigenvalue weighted by atomic mass is 19.3. The average Bonchev–Trinajstić information content (AvgIpc) is 3.70. The maximum atomic E-state index is 13.7. The normalized spacial score (nSPS) is 16.7. The van der Waals surface area contributed by atoms with Crippen LogP contribution in [0.3, 0.4) is 0 Å². The lowest BCUT2D eigenvalue weighted by atomic mass is 10.0. The topological polar surface area (TPSA) is 106 Å². The van der Waals surface area contributed by atoms with Crippen LogP contribution in [0.4, 0.5) is 8.78 Å². The molecule has 0 unspecified atom stereocenters. The van der Waals surface area contributed by atoms with Gasteiger partial charge in [0.2, 0.25) is 5.88 Å². The monoisotopic (exact) mass is 476 g/mol. The lowest BCUT2D eigenvalue weighted by Gasteiger charge is -2.15. The van der Waals surface area contributed by atoms with Crippen molar-refractivity contribution in [3.05, 3.63) is 76.5 Å². The molecule has 0 aromatic carbocycles. The number of alkyl halides is 2. The quantitative estimate of drug-likeness (QED) is 0.536. The van der Waals surface area contributed by atoms with Crippen LogP contribution in [-0.2, 0) is 0 Å². The van der Waals surface area contributed by atoms with Crippen LogP contribution in [0.15, 0.2) is 65.3 Å². The van der Waals surface area contributed by atoms with Crippen LogP contribution in [0.25, 0.3) is 27.9 Å². The van der Waals surface area contributed by atoms with Gasteiger partial charge in [0.15, 0.2) is 6.61 Å². The maximum Gasteiger partial charge on any atom is 0.281 e. The molecule has 0 saturated heterocycles. The van der Waals surface area contributed by atoms with Gasteiger partial charge in [0.1, 0.15) is 11.0 Å². The summed E-state index contributed by atoms with van der Waals surface area (Å²) in [6.45, 7) is -0.805. The van der Waals surface area contributed by atoms with Gasteiger partial charge in [-0.25, -0.2) is 13.8 Å². The molecule has 0 amide bonds. The van der Waals surface area contributed by atoms with Gasteiger partial charge in [-0.15, -0.1) is 0 Å². The largest absolute Gasteiger partial charge is 0.472 e. The smallest absolute Gasteiger partial charge is 0.281 e. The number of hydrogen-bond acceptors (Lipinski definition) is 7. The molecule has 35 heavy (non-hydrogen) atoms. The van der Waals surface area contributed by atoms with E-state index in [-0.39, 0.29) is 17.0 Å². The van der Waals surface area contributed by atoms with Crippen molar-refractivity contribution in [2.24, 2.45) is 0 Å². The second-order valence-corrected chi connectivity index (χ2v) is 8.26. The molecule has 0 radical (unpaired) electrons. The molecule has 0 atom stereocenters. The number of rotatable bonds is 7. The van der Waals surface area contributed by atoms with Crippen LogP contribution in [0.2, 0.25) is 0 Å². The number of aromatic nitrogens is 4. The summed E-state index contributed by atoms with van der Waals surface area (Å²) in [7, 11) is 1.72. The summed E-state index contributed by atoms with van der Waals surface area (Å²) >= 11 is 0. The number of hydrogen-bond donors (Lipinski definition) is 2. The molecular weight excluding hydrogens is 454 g/mol. The highest BCUT2D eigenvalue weighted by Gasteiger charge is 2.25. The van der Waals surface area contributed by atoms with Crippen molar-refractivity contribution in [1.29, 1.82) is 5.41 Å². The first-order valence-corrected chi connectivity index (χ1v) is 11.1. The van der Waals surface area contributed by atoms with Gasteiger partial charge in [-0.05, 0) is 43.2 Å². The van der Waals surface area contributed by atoms with Crippen LogP contribution in [0, 0.1) is 5.41 Å². The van der Waals surface area contributed by atoms with Gasteiger partial charge >= 0.3 is 0 Å². The van der Waals surface area contributed by atoms with E-state index in [1.54, 1.807) is 43.7 Å². The first-order chi connectivity index (χ1) is 16.9. The Morgan fingerprint density at radius 2 is 2.09 bits per heavy atom. The molecular formula is C25H22F2N6O2. The highest BCUT2D eigenvalue weighted by Crippen LogP contribution is 2.39. The Kier molecular flexibility index (Phi) is 5.94. The van der Waals surface area contributed by atoms with Gasteiger partial charge in [-0.3, -0.25) is 9.78 Å². The minimum Gasteiger partial charge on any atom is -0.472 e. The van der Waals surface area contributed by atoms with Crippen molar-refractivity contribution < 1.29 is 13.5 Å². The molecule has 2 aliphatic rings. The van der Waals surface area contributed by atoms with Crippen LogP contribution in [-0.4, -0.2) is 45.5 Å². The summed E-state index contributed by atoms with van der Waals surface area (Å²) in [5, 5.41) is 15.5. The summed E-state index contributed by atoms with van der Waals surface area (Å²) in [6, 6.07) is 6.74. The van der Waals surface area contributed by atoms with E-state index in [1.807, 2.05) is 12.1 Å². The van der Waals surface area contributed by atoms with Crippen molar-refractivity contribution in [3.63, 3.8) is 0 Å². The number of halogens is 2. The number of pyridine rings is 2. The predicted molar refractivity (Wildman–Crippen MR) is 129 cm³/mol. The predicted octanol–water partition coefficient (Wildman–Crippen LogP) is 3.91. The Labute approximate surface area is 199 Å². The number of nitrogens with zero attached hydrogens (tertiary/aromatic N) is 4. The lowest BCUT2D eigenvalue weighted by molar-refractivity contribution is 0.0798. The van der Waals surface area contributed by atoms with Gasteiger partial charge in [-0.2, -0.15) is 9.78 Å². The summed E-state index contributed by atoms with van der Waals surface area (Å²) in [5.41, 5.74) is 3.26. The zero-order valence-corrected chi connectivity index (χ0v) is 18.8. The lowest BCUT2D eigenvalue weighted by Crippen LogP contribution is -2.25. The van der Waals surface area contributed by atoms with E-state index in [0.29, 0.717) is 34.0 Å². The number of allylic oxidation sites excluding steroid dienone is 5. The molecule has 1 fully saturated rings. The average molecular weight is 476 g/mol. The summed E-state index contributed by atoms with van der Waals surface area (Å²) in [6.07, 6.45) is 7.75. The third-order valence-electron chi connectivity index (χ3n) is 5.71. The first kappa shape index (κ1) is 22.6. The van der Waals surface area contributed by atoms with Crippen LogP contribution in [0.5, 0.6) is 5.88 Å². The fourth-order valence-corrected chi connectivity index (χ4v) is 3.85. The van der Waals surface area contributed by atoms with E-state index in [0.717, 1.165) is 18.5 Å². The number of nitrogens with one attached hydrogen (secondary N) is 2. The molecule has 0 spiro atoms. The molecule has 8 nitrogen and oxygen atoms in total. The van der Waals surface area contributed by atoms with Gasteiger partial charge in [-0.1, -0.05) is 6.07 Å². The van der Waals surface area contributed by atoms with Crippen molar-refractivity contribution in [2.75, 3.05) is 13.7 Å². The van der Waals surface area contributed by atoms with Crippen molar-refractivity contribution >= 4 is 22.4 Å². The van der Waals surface area contributed by atoms with E-state index < -0.39 is 18.6 Å². The third kappa shape index (κ3) is 4.59. The molecule has 2 aliphatic carbocycles. The number of ether oxygens (including phenoxy) is 1. The van der Waals surface area contributed by atoms with Gasteiger partial charge in [0.25, 0.3) is 12.0 Å². The Hall–Kier alpha value is -4.21. The fourth-order valence-electron chi connectivity index (χ4n) is 3.85. The molecule has 5 rings (SSSR count). The zero-order valence-electron chi connectivity index (χ0n) is 18.8. The van der Waals surface area contributed by atoms with Crippen molar-refractivity contribution in [2.45, 2.75) is 25.2 Å². The van der Waals surface area contributed by atoms with Crippen molar-refractivity contribution in [3.8, 4) is 17.0 Å². The Bertz CT molecular complexity index is 1450. The number of fused-ring (bicyclic) bond motifs is 1. The summed E-state index contributed by atoms with van der Waals surface area (Å²) < 4.78 is 31.7. The Morgan fingerprint density at radius 1 is 1.26 bits per heavy atom. The molecule has 3 heterocycles. The van der Waals surface area contributed by atoms with Crippen LogP contribution in [0.1, 0.15) is 24.5 Å². The van der Waals surface area contributed by atoms with Crippen LogP contribution < -0.4 is 15.6 Å². The van der Waals surface area contributed by atoms with Crippen molar-refractivity contribution in [1.82, 2.24) is 25.1 Å². The molecule has 2 N–H and O–H groups in total. The SMILES string of the molecule is CN/C=C1/C=C(n2nc3ccc(OCC(F)F)nc3c(-c3ccc(C4CC4)nc3)c2=O)C=CC1=N. The molecule has 3 aromatic heterocycles. The molecule has 3 aromatic rings. The highest BCUT2D eigenvalue weighted by molar-refractivity contribution is 6.12. The summed E-state index contributed by atoms with van der Waals surface area (Å²) in [4.78, 5) is 22.6. The molecule has 1 saturated carbocycles. The third-order valence-corrected chi connectivity index (χ3v) is 5.71. The van der Waals surface area contributed by atoms with Gasteiger partial charge in [0.05, 0.1) is 17.0 Å². The van der Waals surface area contributed by atoms with E-state index >= 15 is 0 Å². The molecule has 0 bridgehead atoms. The minimum atomic E-state index is -2.65. The fraction of sp³-hybridized carbons (Fsp3) is 0.240.